The van der Waals surface area contributed by atoms with Crippen molar-refractivity contribution in [3.63, 3.8) is 0 Å². The van der Waals surface area contributed by atoms with E-state index in [4.69, 9.17) is 4.11 Å². The molecule has 1 heteroatoms. The molecular weight excluding hydrogens is 362 g/mol. The van der Waals surface area contributed by atoms with E-state index in [9.17, 15) is 0 Å². The zero-order valence-electron chi connectivity index (χ0n) is 20.6. The summed E-state index contributed by atoms with van der Waals surface area (Å²) in [5.74, 6) is 0. The first-order valence-corrected chi connectivity index (χ1v) is 10.6. The van der Waals surface area contributed by atoms with Gasteiger partial charge in [0.1, 0.15) is 7.05 Å². The van der Waals surface area contributed by atoms with E-state index in [1.165, 1.54) is 55.6 Å². The molecule has 0 N–H and O–H groups in total. The molecule has 146 valence electrons. The maximum atomic E-state index is 7.94. The van der Waals surface area contributed by atoms with Crippen LogP contribution in [0.4, 0.5) is 0 Å². The fraction of sp³-hybridized carbons (Fsp3) is 0.207. The molecule has 0 saturated heterocycles. The van der Waals surface area contributed by atoms with Crippen molar-refractivity contribution in [1.29, 1.82) is 0 Å². The van der Waals surface area contributed by atoms with Crippen LogP contribution in [0.2, 0.25) is 0 Å². The first kappa shape index (κ1) is 14.7. The van der Waals surface area contributed by atoms with Crippen LogP contribution in [0.1, 0.15) is 43.1 Å². The summed E-state index contributed by atoms with van der Waals surface area (Å²) in [5, 5.41) is 0. The SMILES string of the molecule is [2H]C([2H])([2H])c1c[n+](C)c(-c2c(C)c3c(c4c2-c2ccccc2C4)-c2ccccc2C3)cc1C. The Morgan fingerprint density at radius 1 is 0.767 bits per heavy atom. The van der Waals surface area contributed by atoms with E-state index in [0.717, 1.165) is 24.1 Å². The lowest BCUT2D eigenvalue weighted by molar-refractivity contribution is -0.660. The number of hydrogen-bond acceptors (Lipinski definition) is 0. The van der Waals surface area contributed by atoms with Crippen molar-refractivity contribution in [2.45, 2.75) is 33.5 Å². The molecular formula is C29H26N+. The summed E-state index contributed by atoms with van der Waals surface area (Å²) in [7, 11) is 1.97. The van der Waals surface area contributed by atoms with E-state index in [2.05, 4.69) is 61.5 Å². The van der Waals surface area contributed by atoms with Crippen LogP contribution < -0.4 is 4.57 Å². The Morgan fingerprint density at radius 2 is 1.40 bits per heavy atom. The number of benzene rings is 3. The number of hydrogen-bond donors (Lipinski definition) is 0. The highest BCUT2D eigenvalue weighted by Gasteiger charge is 2.35. The molecule has 0 fully saturated rings. The van der Waals surface area contributed by atoms with Crippen molar-refractivity contribution in [3.8, 4) is 33.5 Å². The molecule has 2 aliphatic carbocycles. The predicted octanol–water partition coefficient (Wildman–Crippen LogP) is 6.25. The zero-order valence-corrected chi connectivity index (χ0v) is 17.6. The second-order valence-corrected chi connectivity index (χ2v) is 8.74. The van der Waals surface area contributed by atoms with Gasteiger partial charge in [0.15, 0.2) is 6.20 Å². The quantitative estimate of drug-likeness (QED) is 0.292. The average Bonchev–Trinajstić information content (AvgIpc) is 3.34. The van der Waals surface area contributed by atoms with Crippen LogP contribution in [0, 0.1) is 20.7 Å². The molecule has 0 atom stereocenters. The van der Waals surface area contributed by atoms with Gasteiger partial charge in [-0.05, 0) is 83.6 Å². The van der Waals surface area contributed by atoms with Crippen LogP contribution in [0.15, 0.2) is 60.8 Å². The molecule has 3 aromatic carbocycles. The van der Waals surface area contributed by atoms with Gasteiger partial charge in [0.2, 0.25) is 5.69 Å². The standard InChI is InChI=1S/C29H26N/c1-17-13-26(30(4)16-18(17)2)27-19(3)24-14-20-9-5-7-11-22(20)28(24)25-15-21-10-6-8-12-23(21)29(25)27/h5-13,16H,14-15H2,1-4H3/q+1/i2D3. The van der Waals surface area contributed by atoms with Gasteiger partial charge >= 0.3 is 0 Å². The predicted molar refractivity (Wildman–Crippen MR) is 124 cm³/mol. The third kappa shape index (κ3) is 2.26. The Morgan fingerprint density at radius 3 is 2.10 bits per heavy atom. The molecule has 30 heavy (non-hydrogen) atoms. The molecule has 1 nitrogen and oxygen atoms in total. The molecule has 0 aliphatic heterocycles. The van der Waals surface area contributed by atoms with Gasteiger partial charge in [-0.2, -0.15) is 0 Å². The summed E-state index contributed by atoms with van der Waals surface area (Å²) in [6.07, 6.45) is 3.68. The fourth-order valence-electron chi connectivity index (χ4n) is 5.54. The molecule has 4 aromatic rings. The Balaban J connectivity index is 1.71. The summed E-state index contributed by atoms with van der Waals surface area (Å²) in [6.45, 7) is 2.04. The van der Waals surface area contributed by atoms with Crippen molar-refractivity contribution >= 4 is 0 Å². The van der Waals surface area contributed by atoms with E-state index >= 15 is 0 Å². The highest BCUT2D eigenvalue weighted by atomic mass is 14.9. The molecule has 1 aromatic heterocycles. The van der Waals surface area contributed by atoms with Gasteiger partial charge in [-0.1, -0.05) is 48.5 Å². The van der Waals surface area contributed by atoms with Crippen molar-refractivity contribution < 1.29 is 8.68 Å². The highest BCUT2D eigenvalue weighted by molar-refractivity contribution is 5.98. The summed E-state index contributed by atoms with van der Waals surface area (Å²) >= 11 is 0. The third-order valence-corrected chi connectivity index (χ3v) is 7.03. The topological polar surface area (TPSA) is 3.88 Å². The van der Waals surface area contributed by atoms with Crippen LogP contribution in [0.3, 0.4) is 0 Å². The fourth-order valence-corrected chi connectivity index (χ4v) is 5.54. The Bertz CT molecular complexity index is 1480. The lowest BCUT2D eigenvalue weighted by Crippen LogP contribution is -2.32. The maximum Gasteiger partial charge on any atom is 0.213 e. The average molecular weight is 392 g/mol. The minimum atomic E-state index is -2.12. The number of aryl methyl sites for hydroxylation is 3. The van der Waals surface area contributed by atoms with E-state index in [-0.39, 0.29) is 0 Å². The molecule has 1 heterocycles. The van der Waals surface area contributed by atoms with Gasteiger partial charge in [-0.3, -0.25) is 0 Å². The Labute approximate surface area is 182 Å². The molecule has 0 spiro atoms. The summed E-state index contributed by atoms with van der Waals surface area (Å²) in [6, 6.07) is 19.6. The van der Waals surface area contributed by atoms with E-state index in [1.807, 2.05) is 18.5 Å². The van der Waals surface area contributed by atoms with Gasteiger partial charge in [-0.25, -0.2) is 4.57 Å². The van der Waals surface area contributed by atoms with Gasteiger partial charge in [0.05, 0.1) is 5.56 Å². The third-order valence-electron chi connectivity index (χ3n) is 7.03. The number of rotatable bonds is 1. The highest BCUT2D eigenvalue weighted by Crippen LogP contribution is 2.53. The number of fused-ring (bicyclic) bond motifs is 7. The largest absolute Gasteiger partial charge is 0.213 e. The first-order valence-electron chi connectivity index (χ1n) is 12.1. The Kier molecular flexibility index (Phi) is 3.02. The first-order chi connectivity index (χ1) is 15.8. The lowest BCUT2D eigenvalue weighted by Gasteiger charge is -2.18. The molecule has 2 aliphatic rings. The summed E-state index contributed by atoms with van der Waals surface area (Å²) < 4.78 is 25.8. The van der Waals surface area contributed by atoms with E-state index < -0.39 is 6.85 Å². The lowest BCUT2D eigenvalue weighted by atomic mass is 9.85. The molecule has 0 saturated carbocycles. The summed E-state index contributed by atoms with van der Waals surface area (Å²) in [4.78, 5) is 0. The van der Waals surface area contributed by atoms with Crippen LogP contribution in [0.5, 0.6) is 0 Å². The molecule has 0 radical (unpaired) electrons. The van der Waals surface area contributed by atoms with Crippen molar-refractivity contribution in [2.75, 3.05) is 0 Å². The van der Waals surface area contributed by atoms with Gasteiger partial charge in [-0.15, -0.1) is 0 Å². The Hall–Kier alpha value is -3.19. The second-order valence-electron chi connectivity index (χ2n) is 8.74. The van der Waals surface area contributed by atoms with Gasteiger partial charge in [0, 0.05) is 21.3 Å². The van der Waals surface area contributed by atoms with Crippen LogP contribution >= 0.6 is 0 Å². The second kappa shape index (κ2) is 6.15. The smallest absolute Gasteiger partial charge is 0.201 e. The van der Waals surface area contributed by atoms with Gasteiger partial charge < -0.3 is 0 Å². The summed E-state index contributed by atoms with van der Waals surface area (Å²) in [5.41, 5.74) is 15.8. The van der Waals surface area contributed by atoms with E-state index in [1.54, 1.807) is 6.20 Å². The van der Waals surface area contributed by atoms with Gasteiger partial charge in [0.25, 0.3) is 0 Å². The minimum Gasteiger partial charge on any atom is -0.201 e. The van der Waals surface area contributed by atoms with Crippen molar-refractivity contribution in [1.82, 2.24) is 0 Å². The number of pyridine rings is 1. The molecule has 0 bridgehead atoms. The normalized spacial score (nSPS) is 15.0. The zero-order chi connectivity index (χ0) is 23.1. The molecule has 0 unspecified atom stereocenters. The monoisotopic (exact) mass is 391 g/mol. The number of aromatic nitrogens is 1. The van der Waals surface area contributed by atoms with E-state index in [0.29, 0.717) is 5.56 Å². The van der Waals surface area contributed by atoms with Crippen molar-refractivity contribution in [3.05, 3.63) is 99.7 Å². The van der Waals surface area contributed by atoms with Crippen LogP contribution in [-0.4, -0.2) is 0 Å². The number of nitrogens with zero attached hydrogens (tertiary/aromatic N) is 1. The van der Waals surface area contributed by atoms with Crippen molar-refractivity contribution in [2.24, 2.45) is 7.05 Å². The maximum absolute atomic E-state index is 7.94. The van der Waals surface area contributed by atoms with Crippen LogP contribution in [-0.2, 0) is 19.9 Å². The minimum absolute atomic E-state index is 0.414. The molecule has 6 rings (SSSR count). The van der Waals surface area contributed by atoms with Crippen LogP contribution in [0.25, 0.3) is 33.5 Å². The molecule has 0 amide bonds.